The van der Waals surface area contributed by atoms with E-state index in [-0.39, 0.29) is 18.1 Å². The molecule has 4 N–H and O–H groups in total. The highest BCUT2D eigenvalue weighted by atomic mass is 19.1. The molecular formula is C29H43FO7. The lowest BCUT2D eigenvalue weighted by molar-refractivity contribution is -0.219. The molecule has 0 heterocycles. The monoisotopic (exact) mass is 522 g/mol. The van der Waals surface area contributed by atoms with Crippen LogP contribution in [0.5, 0.6) is 0 Å². The van der Waals surface area contributed by atoms with E-state index >= 15 is 4.39 Å². The number of carbonyl (C=O) groups excluding carboxylic acids is 2. The molecule has 8 heteroatoms. The summed E-state index contributed by atoms with van der Waals surface area (Å²) in [6.45, 7) is 6.59. The molecule has 4 aliphatic rings. The summed E-state index contributed by atoms with van der Waals surface area (Å²) in [7, 11) is 0. The van der Waals surface area contributed by atoms with Crippen molar-refractivity contribution < 1.29 is 39.2 Å². The Morgan fingerprint density at radius 1 is 1.16 bits per heavy atom. The van der Waals surface area contributed by atoms with Crippen molar-refractivity contribution in [1.29, 1.82) is 0 Å². The van der Waals surface area contributed by atoms with Crippen LogP contribution in [0.25, 0.3) is 0 Å². The van der Waals surface area contributed by atoms with Gasteiger partial charge >= 0.3 is 5.97 Å². The second-order valence-electron chi connectivity index (χ2n) is 12.0. The van der Waals surface area contributed by atoms with Crippen molar-refractivity contribution in [1.82, 2.24) is 0 Å². The normalized spacial score (nSPS) is 42.1. The van der Waals surface area contributed by atoms with Crippen molar-refractivity contribution >= 4 is 17.5 Å². The summed E-state index contributed by atoms with van der Waals surface area (Å²) in [6, 6.07) is 0. The van der Waals surface area contributed by atoms with Crippen LogP contribution in [0, 0.1) is 28.6 Å². The first-order valence-electron chi connectivity index (χ1n) is 13.6. The minimum absolute atomic E-state index is 0.0676. The lowest BCUT2D eigenvalue weighted by Gasteiger charge is -2.62. The Labute approximate surface area is 218 Å². The van der Waals surface area contributed by atoms with Crippen LogP contribution in [0.15, 0.2) is 23.8 Å². The Morgan fingerprint density at radius 2 is 1.84 bits per heavy atom. The van der Waals surface area contributed by atoms with Crippen LogP contribution < -0.4 is 0 Å². The Hall–Kier alpha value is -1.90. The zero-order valence-electron chi connectivity index (χ0n) is 22.5. The predicted molar refractivity (Wildman–Crippen MR) is 136 cm³/mol. The second-order valence-corrected chi connectivity index (χ2v) is 12.0. The van der Waals surface area contributed by atoms with Gasteiger partial charge in [-0.1, -0.05) is 51.7 Å². The van der Waals surface area contributed by atoms with E-state index in [9.17, 15) is 29.7 Å². The highest BCUT2D eigenvalue weighted by molar-refractivity contribution is 6.01. The summed E-state index contributed by atoms with van der Waals surface area (Å²) in [6.07, 6.45) is 8.99. The topological polar surface area (TPSA) is 132 Å². The number of fused-ring (bicyclic) bond motifs is 5. The number of carboxylic acid groups (broad SMARTS) is 1. The fraction of sp³-hybridized carbons (Fsp3) is 0.759. The molecule has 4 rings (SSSR count). The van der Waals surface area contributed by atoms with Crippen molar-refractivity contribution in [2.24, 2.45) is 28.6 Å². The van der Waals surface area contributed by atoms with Crippen LogP contribution in [-0.2, 0) is 14.4 Å². The van der Waals surface area contributed by atoms with Gasteiger partial charge in [0.15, 0.2) is 17.2 Å². The molecule has 8 atom stereocenters. The number of unbranched alkanes of at least 4 members (excludes halogenated alkanes) is 3. The minimum Gasteiger partial charge on any atom is -0.481 e. The molecule has 3 fully saturated rings. The van der Waals surface area contributed by atoms with Gasteiger partial charge in [-0.3, -0.25) is 14.4 Å². The fourth-order valence-electron chi connectivity index (χ4n) is 7.96. The third kappa shape index (κ3) is 4.53. The van der Waals surface area contributed by atoms with E-state index in [1.807, 2.05) is 0 Å². The molecule has 7 nitrogen and oxygen atoms in total. The van der Waals surface area contributed by atoms with E-state index in [2.05, 4.69) is 6.92 Å². The quantitative estimate of drug-likeness (QED) is 0.372. The molecular weight excluding hydrogens is 479 g/mol. The number of aliphatic hydroxyl groups is 3. The summed E-state index contributed by atoms with van der Waals surface area (Å²) >= 11 is 0. The summed E-state index contributed by atoms with van der Waals surface area (Å²) < 4.78 is 16.9. The third-order valence-electron chi connectivity index (χ3n) is 10.0. The minimum atomic E-state index is -1.98. The van der Waals surface area contributed by atoms with E-state index in [1.54, 1.807) is 26.8 Å². The number of carbonyl (C=O) groups is 3. The first kappa shape index (κ1) is 29.7. The number of rotatable bonds is 7. The van der Waals surface area contributed by atoms with Crippen LogP contribution >= 0.6 is 0 Å². The van der Waals surface area contributed by atoms with Gasteiger partial charge in [0.25, 0.3) is 0 Å². The lowest BCUT2D eigenvalue weighted by Crippen LogP contribution is -2.69. The highest BCUT2D eigenvalue weighted by Crippen LogP contribution is 2.70. The number of aliphatic carboxylic acids is 1. The lowest BCUT2D eigenvalue weighted by atomic mass is 9.44. The van der Waals surface area contributed by atoms with Crippen molar-refractivity contribution in [3.05, 3.63) is 23.8 Å². The van der Waals surface area contributed by atoms with Gasteiger partial charge in [0.05, 0.1) is 6.10 Å². The third-order valence-corrected chi connectivity index (χ3v) is 10.0. The molecule has 0 amide bonds. The first-order valence-corrected chi connectivity index (χ1v) is 13.6. The number of hydrogen-bond acceptors (Lipinski definition) is 6. The van der Waals surface area contributed by atoms with Crippen molar-refractivity contribution in [2.75, 3.05) is 6.61 Å². The van der Waals surface area contributed by atoms with Gasteiger partial charge in [0.2, 0.25) is 0 Å². The number of Topliss-reactive ketones (excluding diaryl/α,β-unsaturated/α-hetero) is 1. The Morgan fingerprint density at radius 3 is 2.43 bits per heavy atom. The molecule has 0 spiro atoms. The summed E-state index contributed by atoms with van der Waals surface area (Å²) in [5.74, 6) is -2.79. The van der Waals surface area contributed by atoms with Crippen molar-refractivity contribution in [2.45, 2.75) is 103 Å². The van der Waals surface area contributed by atoms with Gasteiger partial charge in [0.1, 0.15) is 12.2 Å². The van der Waals surface area contributed by atoms with Crippen LogP contribution in [0.4, 0.5) is 4.39 Å². The van der Waals surface area contributed by atoms with Crippen LogP contribution in [-0.4, -0.2) is 61.9 Å². The smallest absolute Gasteiger partial charge is 0.303 e. The Balaban J connectivity index is 0.000000364. The molecule has 0 radical (unpaired) electrons. The highest BCUT2D eigenvalue weighted by Gasteiger charge is 2.75. The van der Waals surface area contributed by atoms with Crippen LogP contribution in [0.3, 0.4) is 0 Å². The van der Waals surface area contributed by atoms with E-state index in [4.69, 9.17) is 5.11 Å². The molecule has 0 saturated heterocycles. The van der Waals surface area contributed by atoms with E-state index in [1.165, 1.54) is 18.6 Å². The van der Waals surface area contributed by atoms with Gasteiger partial charge < -0.3 is 20.4 Å². The average Bonchev–Trinajstić information content (AvgIpc) is 3.04. The number of ketones is 2. The number of alkyl halides is 1. The maximum atomic E-state index is 16.9. The predicted octanol–water partition coefficient (Wildman–Crippen LogP) is 3.94. The molecule has 0 unspecified atom stereocenters. The van der Waals surface area contributed by atoms with Gasteiger partial charge in [-0.05, 0) is 63.0 Å². The zero-order chi connectivity index (χ0) is 27.8. The SMILES string of the molecule is CCCCCCC(=O)O.C[C@@H]1C[C@H]2[C@@H]3CCC4=CC(=O)C=C[C@]4(C)[C@@]3(F)[C@@H](O)C[C@]2(C)[C@@]1(O)C(=O)CO. The summed E-state index contributed by atoms with van der Waals surface area (Å²) in [4.78, 5) is 34.3. The van der Waals surface area contributed by atoms with Gasteiger partial charge in [-0.15, -0.1) is 0 Å². The Kier molecular flexibility index (Phi) is 8.57. The van der Waals surface area contributed by atoms with Crippen LogP contribution in [0.2, 0.25) is 0 Å². The first-order chi connectivity index (χ1) is 17.2. The number of hydrogen-bond donors (Lipinski definition) is 4. The standard InChI is InChI=1S/C22H29FO5.C7H14O2/c1-12-8-16-15-5-4-13-9-14(25)6-7-19(13,2)21(15,23)17(26)10-20(16,3)22(12,28)18(27)11-24;1-2-3-4-5-6-7(8)9/h6-7,9,12,15-17,24,26,28H,4-5,8,10-11H2,1-3H3;2-6H2,1H3,(H,8,9)/t12-,15+,16+,17+,19+,20+,21+,22+;/m1./s1. The largest absolute Gasteiger partial charge is 0.481 e. The maximum Gasteiger partial charge on any atom is 0.303 e. The molecule has 0 aliphatic heterocycles. The number of aliphatic hydroxyl groups excluding tert-OH is 2. The van der Waals surface area contributed by atoms with E-state index in [0.29, 0.717) is 31.3 Å². The fourth-order valence-corrected chi connectivity index (χ4v) is 7.96. The molecule has 37 heavy (non-hydrogen) atoms. The molecule has 0 aromatic rings. The second kappa shape index (κ2) is 10.7. The number of halogens is 1. The van der Waals surface area contributed by atoms with Gasteiger partial charge in [-0.2, -0.15) is 0 Å². The molecule has 3 saturated carbocycles. The van der Waals surface area contributed by atoms with Crippen molar-refractivity contribution in [3.8, 4) is 0 Å². The Bertz CT molecular complexity index is 975. The molecule has 0 aromatic carbocycles. The molecule has 0 bridgehead atoms. The van der Waals surface area contributed by atoms with Crippen LogP contribution in [0.1, 0.15) is 85.5 Å². The maximum absolute atomic E-state index is 16.9. The summed E-state index contributed by atoms with van der Waals surface area (Å²) in [5.41, 5.74) is -5.17. The summed E-state index contributed by atoms with van der Waals surface area (Å²) in [5, 5.41) is 40.2. The van der Waals surface area contributed by atoms with E-state index < -0.39 is 58.4 Å². The zero-order valence-corrected chi connectivity index (χ0v) is 22.5. The molecule has 208 valence electrons. The molecule has 4 aliphatic carbocycles. The molecule has 0 aromatic heterocycles. The van der Waals surface area contributed by atoms with Gasteiger partial charge in [0, 0.05) is 23.2 Å². The van der Waals surface area contributed by atoms with E-state index in [0.717, 1.165) is 19.3 Å². The van der Waals surface area contributed by atoms with Gasteiger partial charge in [-0.25, -0.2) is 4.39 Å². The average molecular weight is 523 g/mol. The number of allylic oxidation sites excluding steroid dienone is 4. The van der Waals surface area contributed by atoms with Crippen molar-refractivity contribution in [3.63, 3.8) is 0 Å². The number of carboxylic acids is 1.